The molecule has 2 unspecified atom stereocenters. The summed E-state index contributed by atoms with van der Waals surface area (Å²) in [5.41, 5.74) is 1.63. The van der Waals surface area contributed by atoms with Crippen LogP contribution in [0.3, 0.4) is 0 Å². The molecule has 0 aliphatic carbocycles. The van der Waals surface area contributed by atoms with Crippen LogP contribution in [0.5, 0.6) is 0 Å². The van der Waals surface area contributed by atoms with Gasteiger partial charge in [0.15, 0.2) is 0 Å². The molecule has 0 saturated carbocycles. The normalized spacial score (nSPS) is 14.3. The molecule has 0 aliphatic rings. The van der Waals surface area contributed by atoms with Crippen molar-refractivity contribution >= 4 is 5.97 Å². The summed E-state index contributed by atoms with van der Waals surface area (Å²) >= 11 is 0. The van der Waals surface area contributed by atoms with Crippen LogP contribution >= 0.6 is 0 Å². The molecule has 0 saturated heterocycles. The molecule has 0 radical (unpaired) electrons. The van der Waals surface area contributed by atoms with E-state index in [2.05, 4.69) is 25.6 Å². The Bertz CT molecular complexity index is 490. The third-order valence-electron chi connectivity index (χ3n) is 3.83. The van der Waals surface area contributed by atoms with Gasteiger partial charge >= 0.3 is 5.97 Å². The minimum Gasteiger partial charge on any atom is -1.00 e. The van der Waals surface area contributed by atoms with Crippen LogP contribution in [0.2, 0.25) is 0 Å². The van der Waals surface area contributed by atoms with E-state index in [0.29, 0.717) is 29.8 Å². The van der Waals surface area contributed by atoms with Crippen molar-refractivity contribution in [3.63, 3.8) is 0 Å². The predicted octanol–water partition coefficient (Wildman–Crippen LogP) is -0.473. The van der Waals surface area contributed by atoms with Gasteiger partial charge in [0, 0.05) is 11.1 Å². The zero-order valence-electron chi connectivity index (χ0n) is 14.3. The second kappa shape index (κ2) is 10.4. The fourth-order valence-corrected chi connectivity index (χ4v) is 2.62. The Morgan fingerprint density at radius 1 is 1.35 bits per heavy atom. The first kappa shape index (κ1) is 21.6. The number of likely N-dealkylation sites (N-methyl/N-ethyl adjacent to an activating group) is 1. The number of aliphatic hydroxyl groups excluding tert-OH is 1. The van der Waals surface area contributed by atoms with Gasteiger partial charge in [0.25, 0.3) is 0 Å². The van der Waals surface area contributed by atoms with Crippen LogP contribution in [-0.4, -0.2) is 47.9 Å². The van der Waals surface area contributed by atoms with E-state index in [9.17, 15) is 9.90 Å². The number of halogens is 1. The van der Waals surface area contributed by atoms with Gasteiger partial charge in [-0.25, -0.2) is 4.79 Å². The van der Waals surface area contributed by atoms with Gasteiger partial charge in [-0.1, -0.05) is 36.9 Å². The molecule has 4 nitrogen and oxygen atoms in total. The van der Waals surface area contributed by atoms with Crippen LogP contribution in [0.15, 0.2) is 42.5 Å². The Morgan fingerprint density at radius 3 is 2.43 bits per heavy atom. The average Bonchev–Trinajstić information content (AvgIpc) is 2.47. The molecule has 0 amide bonds. The highest BCUT2D eigenvalue weighted by Crippen LogP contribution is 2.16. The molecule has 0 aromatic heterocycles. The summed E-state index contributed by atoms with van der Waals surface area (Å²) in [6, 6.07) is 10.2. The number of carbonyl (C=O) groups is 1. The highest BCUT2D eigenvalue weighted by Gasteiger charge is 2.28. The highest BCUT2D eigenvalue weighted by molar-refractivity contribution is 5.86. The van der Waals surface area contributed by atoms with Crippen LogP contribution in [-0.2, 0) is 16.1 Å². The Morgan fingerprint density at radius 2 is 1.96 bits per heavy atom. The van der Waals surface area contributed by atoms with E-state index in [1.54, 1.807) is 13.8 Å². The van der Waals surface area contributed by atoms with Crippen molar-refractivity contribution < 1.29 is 31.5 Å². The van der Waals surface area contributed by atoms with Crippen molar-refractivity contribution in [2.45, 2.75) is 33.4 Å². The molecule has 5 heteroatoms. The fourth-order valence-electron chi connectivity index (χ4n) is 2.62. The maximum Gasteiger partial charge on any atom is 0.333 e. The van der Waals surface area contributed by atoms with Crippen molar-refractivity contribution in [2.24, 2.45) is 0 Å². The number of ether oxygens (including phenoxy) is 1. The molecular formula is C18H28ClNO3. The Balaban J connectivity index is 0.00000484. The number of rotatable bonds is 9. The number of aliphatic hydroxyl groups is 1. The topological polar surface area (TPSA) is 46.5 Å². The Labute approximate surface area is 145 Å². The van der Waals surface area contributed by atoms with Gasteiger partial charge in [0.1, 0.15) is 32.3 Å². The monoisotopic (exact) mass is 341 g/mol. The van der Waals surface area contributed by atoms with Crippen molar-refractivity contribution in [1.82, 2.24) is 0 Å². The molecule has 1 aromatic rings. The van der Waals surface area contributed by atoms with E-state index in [1.165, 1.54) is 5.56 Å². The smallest absolute Gasteiger partial charge is 0.333 e. The first-order valence-electron chi connectivity index (χ1n) is 7.78. The maximum atomic E-state index is 11.5. The van der Waals surface area contributed by atoms with E-state index < -0.39 is 6.10 Å². The van der Waals surface area contributed by atoms with Crippen molar-refractivity contribution in [2.75, 3.05) is 26.2 Å². The number of esters is 1. The number of nitrogens with zero attached hydrogens (tertiary/aromatic N) is 1. The minimum absolute atomic E-state index is 0. The fraction of sp³-hybridized carbons (Fsp3) is 0.500. The van der Waals surface area contributed by atoms with E-state index in [1.807, 2.05) is 18.2 Å². The molecule has 0 bridgehead atoms. The summed E-state index contributed by atoms with van der Waals surface area (Å²) in [7, 11) is 0. The lowest BCUT2D eigenvalue weighted by Crippen LogP contribution is -3.00. The van der Waals surface area contributed by atoms with E-state index >= 15 is 0 Å². The zero-order valence-corrected chi connectivity index (χ0v) is 15.1. The lowest BCUT2D eigenvalue weighted by Gasteiger charge is -2.38. The van der Waals surface area contributed by atoms with Gasteiger partial charge in [-0.3, -0.25) is 0 Å². The molecule has 0 spiro atoms. The molecule has 130 valence electrons. The van der Waals surface area contributed by atoms with Crippen molar-refractivity contribution in [1.29, 1.82) is 0 Å². The quantitative estimate of drug-likeness (QED) is 0.375. The molecule has 23 heavy (non-hydrogen) atoms. The molecule has 0 heterocycles. The SMILES string of the molecule is C=C(C)C(=O)OCC[N+](CC)(Cc1ccccc1)CC(C)O.[Cl-]. The van der Waals surface area contributed by atoms with E-state index in [0.717, 1.165) is 13.1 Å². The van der Waals surface area contributed by atoms with Gasteiger partial charge < -0.3 is 26.7 Å². The molecule has 1 rings (SSSR count). The summed E-state index contributed by atoms with van der Waals surface area (Å²) in [6.45, 7) is 12.5. The lowest BCUT2D eigenvalue weighted by atomic mass is 10.1. The van der Waals surface area contributed by atoms with Crippen molar-refractivity contribution in [3.8, 4) is 0 Å². The van der Waals surface area contributed by atoms with Gasteiger partial charge in [0.05, 0.1) is 6.54 Å². The van der Waals surface area contributed by atoms with Gasteiger partial charge in [-0.05, 0) is 20.8 Å². The largest absolute Gasteiger partial charge is 1.00 e. The average molecular weight is 342 g/mol. The molecule has 1 N–H and O–H groups in total. The molecule has 2 atom stereocenters. The molecular weight excluding hydrogens is 314 g/mol. The number of benzene rings is 1. The van der Waals surface area contributed by atoms with Crippen LogP contribution in [0.1, 0.15) is 26.3 Å². The number of carbonyl (C=O) groups excluding carboxylic acids is 1. The lowest BCUT2D eigenvalue weighted by molar-refractivity contribution is -0.941. The van der Waals surface area contributed by atoms with E-state index in [4.69, 9.17) is 4.74 Å². The molecule has 0 fully saturated rings. The third-order valence-corrected chi connectivity index (χ3v) is 3.83. The molecule has 1 aromatic carbocycles. The third kappa shape index (κ3) is 7.64. The summed E-state index contributed by atoms with van der Waals surface area (Å²) in [5.74, 6) is -0.356. The highest BCUT2D eigenvalue weighted by atomic mass is 35.5. The van der Waals surface area contributed by atoms with Crippen LogP contribution in [0, 0.1) is 0 Å². The van der Waals surface area contributed by atoms with Gasteiger partial charge in [0.2, 0.25) is 0 Å². The summed E-state index contributed by atoms with van der Waals surface area (Å²) in [5, 5.41) is 9.86. The first-order valence-corrected chi connectivity index (χ1v) is 7.78. The Hall–Kier alpha value is -1.36. The standard InChI is InChI=1S/C18H28NO3.ClH/c1-5-19(13-16(4)20,11-12-22-18(21)15(2)3)14-17-9-7-6-8-10-17;/h6-10,16,20H,2,5,11-14H2,1,3-4H3;1H/q+1;/p-1. The number of hydrogen-bond acceptors (Lipinski definition) is 3. The summed E-state index contributed by atoms with van der Waals surface area (Å²) in [4.78, 5) is 11.5. The maximum absolute atomic E-state index is 11.5. The Kier molecular flexibility index (Phi) is 9.80. The summed E-state index contributed by atoms with van der Waals surface area (Å²) < 4.78 is 5.93. The predicted molar refractivity (Wildman–Crippen MR) is 88.1 cm³/mol. The van der Waals surface area contributed by atoms with Crippen LogP contribution in [0.25, 0.3) is 0 Å². The number of quaternary nitrogens is 1. The minimum atomic E-state index is -0.402. The summed E-state index contributed by atoms with van der Waals surface area (Å²) in [6.07, 6.45) is -0.402. The number of hydrogen-bond donors (Lipinski definition) is 1. The van der Waals surface area contributed by atoms with Crippen molar-refractivity contribution in [3.05, 3.63) is 48.0 Å². The first-order chi connectivity index (χ1) is 10.4. The second-order valence-electron chi connectivity index (χ2n) is 5.97. The van der Waals surface area contributed by atoms with Crippen LogP contribution in [0.4, 0.5) is 0 Å². The zero-order chi connectivity index (χ0) is 16.6. The van der Waals surface area contributed by atoms with Gasteiger partial charge in [-0.15, -0.1) is 0 Å². The molecule has 0 aliphatic heterocycles. The van der Waals surface area contributed by atoms with Gasteiger partial charge in [-0.2, -0.15) is 0 Å². The van der Waals surface area contributed by atoms with E-state index in [-0.39, 0.29) is 18.4 Å². The van der Waals surface area contributed by atoms with Crippen LogP contribution < -0.4 is 12.4 Å². The second-order valence-corrected chi connectivity index (χ2v) is 5.97.